The summed E-state index contributed by atoms with van der Waals surface area (Å²) in [5.41, 5.74) is 0.751. The first-order valence-corrected chi connectivity index (χ1v) is 10.7. The number of hydrogen-bond acceptors (Lipinski definition) is 10. The van der Waals surface area contributed by atoms with Gasteiger partial charge < -0.3 is 44.5 Å². The molecular formula is C25H22O10. The third kappa shape index (κ3) is 3.82. The smallest absolute Gasteiger partial charge is 0.202 e. The molecule has 0 fully saturated rings. The Morgan fingerprint density at radius 1 is 0.829 bits per heavy atom. The van der Waals surface area contributed by atoms with Crippen LogP contribution in [0, 0.1) is 0 Å². The second-order valence-electron chi connectivity index (χ2n) is 8.20. The summed E-state index contributed by atoms with van der Waals surface area (Å²) in [6.07, 6.45) is -4.28. The molecule has 0 saturated heterocycles. The molecule has 2 unspecified atom stereocenters. The van der Waals surface area contributed by atoms with Crippen molar-refractivity contribution in [1.82, 2.24) is 0 Å². The van der Waals surface area contributed by atoms with Gasteiger partial charge in [0.2, 0.25) is 5.78 Å². The molecule has 4 atom stereocenters. The van der Waals surface area contributed by atoms with Gasteiger partial charge in [0.15, 0.2) is 47.4 Å². The lowest BCUT2D eigenvalue weighted by Gasteiger charge is -2.35. The number of carbonyl (C=O) groups is 1. The average molecular weight is 482 g/mol. The molecule has 182 valence electrons. The van der Waals surface area contributed by atoms with Crippen LogP contribution < -0.4 is 18.9 Å². The molecule has 0 aliphatic carbocycles. The SMILES string of the molecule is COc1cc(C2Oc3cc([C@@H]4Oc5cc(O)cc(O)c5C(=O)[C@H]4O)ccc3OC2CO)ccc1O. The summed E-state index contributed by atoms with van der Waals surface area (Å²) in [5, 5.41) is 50.2. The predicted molar refractivity (Wildman–Crippen MR) is 119 cm³/mol. The van der Waals surface area contributed by atoms with Gasteiger partial charge in [0.25, 0.3) is 0 Å². The van der Waals surface area contributed by atoms with E-state index in [1.807, 2.05) is 0 Å². The second kappa shape index (κ2) is 8.57. The molecule has 10 heteroatoms. The molecule has 0 spiro atoms. The van der Waals surface area contributed by atoms with Crippen LogP contribution in [0.5, 0.6) is 40.2 Å². The Morgan fingerprint density at radius 2 is 1.54 bits per heavy atom. The van der Waals surface area contributed by atoms with Crippen molar-refractivity contribution in [3.05, 3.63) is 65.2 Å². The van der Waals surface area contributed by atoms with Crippen molar-refractivity contribution in [2.24, 2.45) is 0 Å². The van der Waals surface area contributed by atoms with E-state index in [1.165, 1.54) is 19.2 Å². The van der Waals surface area contributed by atoms with E-state index in [2.05, 4.69) is 0 Å². The minimum atomic E-state index is -1.62. The van der Waals surface area contributed by atoms with Crippen LogP contribution in [0.25, 0.3) is 0 Å². The number of Topliss-reactive ketones (excluding diaryl/α,β-unsaturated/α-hetero) is 1. The number of phenols is 3. The first-order valence-electron chi connectivity index (χ1n) is 10.7. The first-order chi connectivity index (χ1) is 16.8. The summed E-state index contributed by atoms with van der Waals surface area (Å²) >= 11 is 0. The summed E-state index contributed by atoms with van der Waals surface area (Å²) in [7, 11) is 1.41. The number of ether oxygens (including phenoxy) is 4. The van der Waals surface area contributed by atoms with Crippen molar-refractivity contribution < 1.29 is 49.3 Å². The van der Waals surface area contributed by atoms with E-state index in [4.69, 9.17) is 18.9 Å². The van der Waals surface area contributed by atoms with Crippen molar-refractivity contribution >= 4 is 5.78 Å². The van der Waals surface area contributed by atoms with Gasteiger partial charge in [-0.3, -0.25) is 4.79 Å². The summed E-state index contributed by atoms with van der Waals surface area (Å²) in [6, 6.07) is 11.5. The standard InChI is InChI=1S/C25H22O10/c1-32-17-6-11(2-4-14(17)28)24-20(10-26)33-16-5-3-12(7-18(16)34-24)25-23(31)22(30)21-15(29)8-13(27)9-19(21)35-25/h2-9,20,23-29,31H,10H2,1H3/t20?,23-,24?,25+/m1/s1. The average Bonchev–Trinajstić information content (AvgIpc) is 2.85. The number of aliphatic hydroxyl groups is 2. The van der Waals surface area contributed by atoms with Crippen LogP contribution in [0.3, 0.4) is 0 Å². The van der Waals surface area contributed by atoms with Gasteiger partial charge in [-0.15, -0.1) is 0 Å². The second-order valence-corrected chi connectivity index (χ2v) is 8.20. The van der Waals surface area contributed by atoms with Crippen molar-refractivity contribution in [3.8, 4) is 40.2 Å². The van der Waals surface area contributed by atoms with Crippen LogP contribution >= 0.6 is 0 Å². The fourth-order valence-corrected chi connectivity index (χ4v) is 4.28. The summed E-state index contributed by atoms with van der Waals surface area (Å²) in [4.78, 5) is 12.7. The molecule has 2 aliphatic heterocycles. The zero-order valence-corrected chi connectivity index (χ0v) is 18.4. The molecule has 3 aromatic carbocycles. The van der Waals surface area contributed by atoms with Crippen molar-refractivity contribution in [2.45, 2.75) is 24.4 Å². The van der Waals surface area contributed by atoms with Crippen LogP contribution in [0.15, 0.2) is 48.5 Å². The summed E-state index contributed by atoms with van der Waals surface area (Å²) < 4.78 is 23.0. The molecule has 5 rings (SSSR count). The maximum Gasteiger partial charge on any atom is 0.202 e. The topological polar surface area (TPSA) is 155 Å². The molecule has 2 heterocycles. The maximum absolute atomic E-state index is 12.7. The Balaban J connectivity index is 1.49. The Hall–Kier alpha value is -4.15. The van der Waals surface area contributed by atoms with E-state index in [1.54, 1.807) is 30.3 Å². The molecule has 2 aliphatic rings. The van der Waals surface area contributed by atoms with Gasteiger partial charge in [-0.25, -0.2) is 0 Å². The number of hydrogen-bond donors (Lipinski definition) is 5. The molecule has 0 bridgehead atoms. The predicted octanol–water partition coefficient (Wildman–Crippen LogP) is 2.36. The molecule has 0 saturated carbocycles. The quantitative estimate of drug-likeness (QED) is 0.374. The highest BCUT2D eigenvalue weighted by molar-refractivity contribution is 6.05. The van der Waals surface area contributed by atoms with Gasteiger partial charge in [0.05, 0.1) is 13.7 Å². The molecule has 35 heavy (non-hydrogen) atoms. The van der Waals surface area contributed by atoms with Gasteiger partial charge >= 0.3 is 0 Å². The number of fused-ring (bicyclic) bond motifs is 2. The highest BCUT2D eigenvalue weighted by Gasteiger charge is 2.40. The Morgan fingerprint density at radius 3 is 2.29 bits per heavy atom. The number of phenolic OH excluding ortho intramolecular Hbond substituents is 3. The Bertz CT molecular complexity index is 1300. The third-order valence-electron chi connectivity index (χ3n) is 6.00. The number of methoxy groups -OCH3 is 1. The molecule has 5 N–H and O–H groups in total. The molecule has 0 aromatic heterocycles. The minimum Gasteiger partial charge on any atom is -0.508 e. The third-order valence-corrected chi connectivity index (χ3v) is 6.00. The normalized spacial score (nSPS) is 22.8. The van der Waals surface area contributed by atoms with Crippen LogP contribution in [0.4, 0.5) is 0 Å². The Labute approximate surface area is 199 Å². The van der Waals surface area contributed by atoms with E-state index in [9.17, 15) is 30.3 Å². The lowest BCUT2D eigenvalue weighted by atomic mass is 9.92. The largest absolute Gasteiger partial charge is 0.508 e. The van der Waals surface area contributed by atoms with E-state index < -0.39 is 35.9 Å². The van der Waals surface area contributed by atoms with E-state index in [0.717, 1.165) is 6.07 Å². The van der Waals surface area contributed by atoms with Crippen LogP contribution in [0.2, 0.25) is 0 Å². The monoisotopic (exact) mass is 482 g/mol. The van der Waals surface area contributed by atoms with E-state index in [-0.39, 0.29) is 40.9 Å². The molecule has 3 aromatic rings. The van der Waals surface area contributed by atoms with Crippen molar-refractivity contribution in [2.75, 3.05) is 13.7 Å². The number of carbonyl (C=O) groups excluding carboxylic acids is 1. The lowest BCUT2D eigenvalue weighted by molar-refractivity contribution is -0.0130. The minimum absolute atomic E-state index is 0.0540. The van der Waals surface area contributed by atoms with E-state index >= 15 is 0 Å². The fraction of sp³-hybridized carbons (Fsp3) is 0.240. The fourth-order valence-electron chi connectivity index (χ4n) is 4.28. The van der Waals surface area contributed by atoms with Gasteiger partial charge in [-0.1, -0.05) is 12.1 Å². The first kappa shape index (κ1) is 22.6. The lowest BCUT2D eigenvalue weighted by Crippen LogP contribution is -2.37. The zero-order chi connectivity index (χ0) is 24.9. The maximum atomic E-state index is 12.7. The van der Waals surface area contributed by atoms with Gasteiger partial charge in [0, 0.05) is 17.7 Å². The molecular weight excluding hydrogens is 460 g/mol. The van der Waals surface area contributed by atoms with Gasteiger partial charge in [0.1, 0.15) is 22.8 Å². The molecule has 10 nitrogen and oxygen atoms in total. The van der Waals surface area contributed by atoms with Gasteiger partial charge in [-0.05, 0) is 29.8 Å². The zero-order valence-electron chi connectivity index (χ0n) is 18.4. The number of rotatable bonds is 4. The van der Waals surface area contributed by atoms with Crippen molar-refractivity contribution in [1.29, 1.82) is 0 Å². The number of benzene rings is 3. The molecule has 0 radical (unpaired) electrons. The highest BCUT2D eigenvalue weighted by Crippen LogP contribution is 2.45. The summed E-state index contributed by atoms with van der Waals surface area (Å²) in [5.74, 6) is -0.823. The number of aromatic hydroxyl groups is 3. The number of aliphatic hydroxyl groups excluding tert-OH is 2. The Kier molecular flexibility index (Phi) is 5.54. The van der Waals surface area contributed by atoms with Crippen LogP contribution in [-0.4, -0.2) is 57.2 Å². The summed E-state index contributed by atoms with van der Waals surface area (Å²) in [6.45, 7) is -0.349. The van der Waals surface area contributed by atoms with E-state index in [0.29, 0.717) is 16.9 Å². The highest BCUT2D eigenvalue weighted by atomic mass is 16.6. The molecule has 0 amide bonds. The van der Waals surface area contributed by atoms with Gasteiger partial charge in [-0.2, -0.15) is 0 Å². The van der Waals surface area contributed by atoms with Crippen LogP contribution in [-0.2, 0) is 0 Å². The van der Waals surface area contributed by atoms with Crippen molar-refractivity contribution in [3.63, 3.8) is 0 Å². The number of ketones is 1. The van der Waals surface area contributed by atoms with Crippen LogP contribution in [0.1, 0.15) is 33.7 Å².